The average Bonchev–Trinajstić information content (AvgIpc) is 2.00. The molecule has 0 bridgehead atoms. The highest BCUT2D eigenvalue weighted by molar-refractivity contribution is 4.41. The van der Waals surface area contributed by atoms with Gasteiger partial charge in [-0.15, -0.1) is 0 Å². The van der Waals surface area contributed by atoms with Gasteiger partial charge in [0.25, 0.3) is 0 Å². The second-order valence-electron chi connectivity index (χ2n) is 2.43. The lowest BCUT2D eigenvalue weighted by Crippen LogP contribution is -1.97. The van der Waals surface area contributed by atoms with Crippen LogP contribution >= 0.6 is 0 Å². The molecule has 3 heteroatoms. The summed E-state index contributed by atoms with van der Waals surface area (Å²) >= 11 is 0. The van der Waals surface area contributed by atoms with Crippen molar-refractivity contribution < 1.29 is 5.11 Å². The Hall–Kier alpha value is -0.120. The Kier molecular flexibility index (Phi) is 20.2. The number of hydrogen-bond acceptors (Lipinski definition) is 3. The molecule has 0 fully saturated rings. The van der Waals surface area contributed by atoms with Gasteiger partial charge in [-0.2, -0.15) is 0 Å². The first-order chi connectivity index (χ1) is 5.33. The van der Waals surface area contributed by atoms with Crippen LogP contribution in [0.2, 0.25) is 0 Å². The maximum Gasteiger partial charge on any atom is 0.0431 e. The van der Waals surface area contributed by atoms with Crippen LogP contribution in [0.25, 0.3) is 0 Å². The van der Waals surface area contributed by atoms with E-state index in [-0.39, 0.29) is 0 Å². The van der Waals surface area contributed by atoms with Crippen molar-refractivity contribution in [2.45, 2.75) is 25.7 Å². The molecule has 11 heavy (non-hydrogen) atoms. The van der Waals surface area contributed by atoms with E-state index in [9.17, 15) is 0 Å². The topological polar surface area (TPSA) is 58.3 Å². The van der Waals surface area contributed by atoms with Crippen LogP contribution in [0.5, 0.6) is 0 Å². The first-order valence-electron chi connectivity index (χ1n) is 4.22. The minimum Gasteiger partial charge on any atom is -0.396 e. The van der Waals surface area contributed by atoms with Gasteiger partial charge in [-0.05, 0) is 33.5 Å². The molecule has 0 unspecified atom stereocenters. The van der Waals surface area contributed by atoms with Crippen molar-refractivity contribution in [3.8, 4) is 0 Å². The van der Waals surface area contributed by atoms with Crippen molar-refractivity contribution in [1.29, 1.82) is 0 Å². The van der Waals surface area contributed by atoms with E-state index < -0.39 is 0 Å². The Morgan fingerprint density at radius 1 is 1.09 bits per heavy atom. The summed E-state index contributed by atoms with van der Waals surface area (Å²) < 4.78 is 0. The number of rotatable bonds is 5. The second kappa shape index (κ2) is 16.5. The summed E-state index contributed by atoms with van der Waals surface area (Å²) in [5.41, 5.74) is 5.25. The fourth-order valence-electron chi connectivity index (χ4n) is 0.610. The highest BCUT2D eigenvalue weighted by Gasteiger charge is 1.84. The quantitative estimate of drug-likeness (QED) is 0.511. The smallest absolute Gasteiger partial charge is 0.0431 e. The van der Waals surface area contributed by atoms with E-state index in [0.29, 0.717) is 6.61 Å². The zero-order valence-electron chi connectivity index (χ0n) is 7.77. The molecule has 0 spiro atoms. The van der Waals surface area contributed by atoms with Crippen LogP contribution in [0.1, 0.15) is 25.7 Å². The Balaban J connectivity index is 0. The molecule has 70 valence electrons. The number of nitrogens with two attached hydrogens (primary N) is 1. The first-order valence-corrected chi connectivity index (χ1v) is 4.22. The molecule has 0 amide bonds. The van der Waals surface area contributed by atoms with Gasteiger partial charge in [0.05, 0.1) is 0 Å². The molecule has 0 aliphatic carbocycles. The van der Waals surface area contributed by atoms with Crippen LogP contribution in [-0.2, 0) is 0 Å². The zero-order chi connectivity index (χ0) is 8.95. The minimum atomic E-state index is 0.324. The number of nitrogens with one attached hydrogen (secondary N) is 1. The minimum absolute atomic E-state index is 0.324. The van der Waals surface area contributed by atoms with Crippen LogP contribution < -0.4 is 11.1 Å². The number of aliphatic hydroxyl groups excluding tert-OH is 1. The van der Waals surface area contributed by atoms with Gasteiger partial charge in [-0.3, -0.25) is 0 Å². The predicted octanol–water partition coefficient (Wildman–Crippen LogP) is 0.333. The normalized spacial score (nSPS) is 8.73. The van der Waals surface area contributed by atoms with Crippen molar-refractivity contribution >= 4 is 0 Å². The summed E-state index contributed by atoms with van der Waals surface area (Å²) in [6.45, 7) is 1.11. The standard InChI is InChI=1S/C6H15NO.C2H7N/c7-5-3-1-2-4-6-8;1-3-2/h8H,1-7H2;3H,1-2H3. The number of aliphatic hydroxyl groups is 1. The Morgan fingerprint density at radius 3 is 1.91 bits per heavy atom. The predicted molar refractivity (Wildman–Crippen MR) is 49.6 cm³/mol. The van der Waals surface area contributed by atoms with E-state index in [4.69, 9.17) is 10.8 Å². The van der Waals surface area contributed by atoms with Gasteiger partial charge in [-0.25, -0.2) is 0 Å². The third-order valence-corrected chi connectivity index (χ3v) is 1.11. The fourth-order valence-corrected chi connectivity index (χ4v) is 0.610. The lowest BCUT2D eigenvalue weighted by molar-refractivity contribution is 0.282. The molecule has 0 rings (SSSR count). The molecule has 0 aliphatic heterocycles. The van der Waals surface area contributed by atoms with E-state index in [1.54, 1.807) is 0 Å². The molecule has 0 atom stereocenters. The van der Waals surface area contributed by atoms with Crippen molar-refractivity contribution in [3.05, 3.63) is 0 Å². The highest BCUT2D eigenvalue weighted by Crippen LogP contribution is 1.95. The Labute approximate surface area is 70.0 Å². The second-order valence-corrected chi connectivity index (χ2v) is 2.43. The molecule has 0 aromatic heterocycles. The van der Waals surface area contributed by atoms with E-state index in [0.717, 1.165) is 32.2 Å². The maximum absolute atomic E-state index is 8.33. The molecule has 0 saturated carbocycles. The van der Waals surface area contributed by atoms with Crippen LogP contribution in [0, 0.1) is 0 Å². The summed E-state index contributed by atoms with van der Waals surface area (Å²) in [6, 6.07) is 0. The largest absolute Gasteiger partial charge is 0.396 e. The molecule has 0 aromatic carbocycles. The Morgan fingerprint density at radius 2 is 1.55 bits per heavy atom. The SMILES string of the molecule is CNC.NCCCCCCO. The Bertz CT molecular complexity index is 45.4. The maximum atomic E-state index is 8.33. The monoisotopic (exact) mass is 162 g/mol. The van der Waals surface area contributed by atoms with E-state index >= 15 is 0 Å². The van der Waals surface area contributed by atoms with Gasteiger partial charge in [-0.1, -0.05) is 12.8 Å². The number of unbranched alkanes of at least 4 members (excludes halogenated alkanes) is 3. The van der Waals surface area contributed by atoms with Crippen LogP contribution in [-0.4, -0.2) is 32.4 Å². The van der Waals surface area contributed by atoms with Gasteiger partial charge < -0.3 is 16.2 Å². The molecule has 3 nitrogen and oxygen atoms in total. The van der Waals surface area contributed by atoms with Crippen molar-refractivity contribution in [2.24, 2.45) is 5.73 Å². The molecule has 0 aliphatic rings. The zero-order valence-corrected chi connectivity index (χ0v) is 7.77. The molecule has 0 saturated heterocycles. The first kappa shape index (κ1) is 13.5. The average molecular weight is 162 g/mol. The third-order valence-electron chi connectivity index (χ3n) is 1.11. The lowest BCUT2D eigenvalue weighted by Gasteiger charge is -1.93. The number of hydrogen-bond donors (Lipinski definition) is 3. The van der Waals surface area contributed by atoms with E-state index in [1.165, 1.54) is 0 Å². The lowest BCUT2D eigenvalue weighted by atomic mass is 10.2. The van der Waals surface area contributed by atoms with Crippen molar-refractivity contribution in [2.75, 3.05) is 27.2 Å². The van der Waals surface area contributed by atoms with Crippen molar-refractivity contribution in [1.82, 2.24) is 5.32 Å². The molecule has 0 radical (unpaired) electrons. The van der Waals surface area contributed by atoms with Gasteiger partial charge >= 0.3 is 0 Å². The van der Waals surface area contributed by atoms with Gasteiger partial charge in [0.2, 0.25) is 0 Å². The fraction of sp³-hybridized carbons (Fsp3) is 1.00. The summed E-state index contributed by atoms with van der Waals surface area (Å²) in [6.07, 6.45) is 4.31. The van der Waals surface area contributed by atoms with Gasteiger partial charge in [0.1, 0.15) is 0 Å². The van der Waals surface area contributed by atoms with E-state index in [1.807, 2.05) is 14.1 Å². The van der Waals surface area contributed by atoms with Crippen LogP contribution in [0.3, 0.4) is 0 Å². The van der Waals surface area contributed by atoms with E-state index in [2.05, 4.69) is 5.32 Å². The third kappa shape index (κ3) is 25.8. The summed E-state index contributed by atoms with van der Waals surface area (Å²) in [5, 5.41) is 11.1. The summed E-state index contributed by atoms with van der Waals surface area (Å²) in [5.74, 6) is 0. The molecule has 0 heterocycles. The van der Waals surface area contributed by atoms with Crippen molar-refractivity contribution in [3.63, 3.8) is 0 Å². The summed E-state index contributed by atoms with van der Waals surface area (Å²) in [7, 11) is 3.75. The van der Waals surface area contributed by atoms with Gasteiger partial charge in [0.15, 0.2) is 0 Å². The highest BCUT2D eigenvalue weighted by atomic mass is 16.2. The van der Waals surface area contributed by atoms with Gasteiger partial charge in [0, 0.05) is 6.61 Å². The molecular weight excluding hydrogens is 140 g/mol. The van der Waals surface area contributed by atoms with Crippen LogP contribution in [0.4, 0.5) is 0 Å². The van der Waals surface area contributed by atoms with Crippen LogP contribution in [0.15, 0.2) is 0 Å². The molecule has 0 aromatic rings. The molecule has 4 N–H and O–H groups in total. The molecular formula is C8H22N2O. The summed E-state index contributed by atoms with van der Waals surface area (Å²) in [4.78, 5) is 0.